The van der Waals surface area contributed by atoms with Crippen molar-refractivity contribution in [3.63, 3.8) is 0 Å². The van der Waals surface area contributed by atoms with Crippen LogP contribution in [-0.4, -0.2) is 10.9 Å². The second kappa shape index (κ2) is 8.96. The van der Waals surface area contributed by atoms with E-state index in [-0.39, 0.29) is 5.12 Å². The van der Waals surface area contributed by atoms with E-state index in [4.69, 9.17) is 4.74 Å². The number of thioether (sulfide) groups is 1. The third-order valence-corrected chi connectivity index (χ3v) is 3.68. The minimum atomic E-state index is 0.140. The number of hydrogen-bond donors (Lipinski definition) is 0. The highest BCUT2D eigenvalue weighted by Gasteiger charge is 1.96. The minimum Gasteiger partial charge on any atom is -0.489 e. The Morgan fingerprint density at radius 1 is 1.09 bits per heavy atom. The zero-order valence-corrected chi connectivity index (χ0v) is 13.4. The Morgan fingerprint density at radius 2 is 1.82 bits per heavy atom. The normalized spacial score (nSPS) is 9.68. The molecule has 0 aromatic heterocycles. The first-order valence-corrected chi connectivity index (χ1v) is 8.11. The third kappa shape index (κ3) is 6.07. The lowest BCUT2D eigenvalue weighted by atomic mass is 10.2. The summed E-state index contributed by atoms with van der Waals surface area (Å²) >= 11 is 1.31. The highest BCUT2D eigenvalue weighted by atomic mass is 32.2. The standard InChI is InChI=1S/C19H18O2S/c1-16(20)22-14-6-5-7-17-10-12-19(13-11-17)21-15-18-8-3-2-4-9-18/h2-4,8-13H,6,14-15H2,1H3. The Hall–Kier alpha value is -2.18. The van der Waals surface area contributed by atoms with Gasteiger partial charge in [-0.15, -0.1) is 0 Å². The zero-order valence-electron chi connectivity index (χ0n) is 12.5. The Balaban J connectivity index is 1.80. The zero-order chi connectivity index (χ0) is 15.6. The lowest BCUT2D eigenvalue weighted by molar-refractivity contribution is -0.109. The maximum Gasteiger partial charge on any atom is 0.185 e. The molecule has 0 bridgehead atoms. The van der Waals surface area contributed by atoms with Gasteiger partial charge in [0.2, 0.25) is 0 Å². The van der Waals surface area contributed by atoms with Crippen LogP contribution >= 0.6 is 11.8 Å². The van der Waals surface area contributed by atoms with Gasteiger partial charge in [0, 0.05) is 24.7 Å². The molecule has 0 aliphatic rings. The van der Waals surface area contributed by atoms with Crippen LogP contribution in [0.5, 0.6) is 5.75 Å². The number of ether oxygens (including phenoxy) is 1. The van der Waals surface area contributed by atoms with Crippen molar-refractivity contribution in [1.29, 1.82) is 0 Å². The van der Waals surface area contributed by atoms with Gasteiger partial charge >= 0.3 is 0 Å². The monoisotopic (exact) mass is 310 g/mol. The van der Waals surface area contributed by atoms with Crippen LogP contribution in [-0.2, 0) is 11.4 Å². The molecule has 0 aliphatic heterocycles. The molecule has 3 heteroatoms. The molecular weight excluding hydrogens is 292 g/mol. The molecule has 0 atom stereocenters. The van der Waals surface area contributed by atoms with Crippen molar-refractivity contribution in [2.75, 3.05) is 5.75 Å². The smallest absolute Gasteiger partial charge is 0.185 e. The van der Waals surface area contributed by atoms with Gasteiger partial charge in [0.25, 0.3) is 0 Å². The molecular formula is C19H18O2S. The van der Waals surface area contributed by atoms with Crippen LogP contribution in [0.3, 0.4) is 0 Å². The van der Waals surface area contributed by atoms with E-state index < -0.39 is 0 Å². The van der Waals surface area contributed by atoms with Gasteiger partial charge in [-0.3, -0.25) is 4.79 Å². The molecule has 0 saturated heterocycles. The second-order valence-electron chi connectivity index (χ2n) is 4.69. The summed E-state index contributed by atoms with van der Waals surface area (Å²) in [6.07, 6.45) is 0.719. The molecule has 2 aromatic carbocycles. The molecule has 22 heavy (non-hydrogen) atoms. The first-order valence-electron chi connectivity index (χ1n) is 7.13. The van der Waals surface area contributed by atoms with Crippen molar-refractivity contribution >= 4 is 16.9 Å². The summed E-state index contributed by atoms with van der Waals surface area (Å²) in [5.41, 5.74) is 2.11. The predicted octanol–water partition coefficient (Wildman–Crippen LogP) is 4.29. The molecule has 0 N–H and O–H groups in total. The van der Waals surface area contributed by atoms with Crippen LogP contribution in [0.25, 0.3) is 0 Å². The van der Waals surface area contributed by atoms with Crippen molar-refractivity contribution in [2.24, 2.45) is 0 Å². The second-order valence-corrected chi connectivity index (χ2v) is 5.96. The van der Waals surface area contributed by atoms with E-state index in [1.807, 2.05) is 54.6 Å². The van der Waals surface area contributed by atoms with E-state index in [1.54, 1.807) is 6.92 Å². The topological polar surface area (TPSA) is 26.3 Å². The van der Waals surface area contributed by atoms with Crippen LogP contribution in [0.4, 0.5) is 0 Å². The molecule has 0 amide bonds. The van der Waals surface area contributed by atoms with E-state index in [1.165, 1.54) is 11.8 Å². The molecule has 2 nitrogen and oxygen atoms in total. The molecule has 2 rings (SSSR count). The Bertz CT molecular complexity index is 651. The maximum absolute atomic E-state index is 10.8. The van der Waals surface area contributed by atoms with Gasteiger partial charge in [0.1, 0.15) is 12.4 Å². The summed E-state index contributed by atoms with van der Waals surface area (Å²) < 4.78 is 5.73. The quantitative estimate of drug-likeness (QED) is 0.609. The van der Waals surface area contributed by atoms with E-state index in [9.17, 15) is 4.79 Å². The maximum atomic E-state index is 10.8. The van der Waals surface area contributed by atoms with E-state index in [0.717, 1.165) is 29.1 Å². The largest absolute Gasteiger partial charge is 0.489 e. The summed E-state index contributed by atoms with van der Waals surface area (Å²) in [6.45, 7) is 2.14. The molecule has 112 valence electrons. The van der Waals surface area contributed by atoms with Gasteiger partial charge in [-0.2, -0.15) is 0 Å². The average Bonchev–Trinajstić information content (AvgIpc) is 2.54. The van der Waals surface area contributed by atoms with Crippen molar-refractivity contribution < 1.29 is 9.53 Å². The highest BCUT2D eigenvalue weighted by molar-refractivity contribution is 8.13. The third-order valence-electron chi connectivity index (χ3n) is 2.87. The fourth-order valence-corrected chi connectivity index (χ4v) is 2.28. The molecule has 0 unspecified atom stereocenters. The number of carbonyl (C=O) groups is 1. The van der Waals surface area contributed by atoms with Crippen LogP contribution in [0.15, 0.2) is 54.6 Å². The van der Waals surface area contributed by atoms with E-state index >= 15 is 0 Å². The SMILES string of the molecule is CC(=O)SCCC#Cc1ccc(OCc2ccccc2)cc1. The van der Waals surface area contributed by atoms with Crippen LogP contribution in [0.1, 0.15) is 24.5 Å². The lowest BCUT2D eigenvalue weighted by Gasteiger charge is -2.05. The first-order chi connectivity index (χ1) is 10.7. The van der Waals surface area contributed by atoms with Gasteiger partial charge in [-0.1, -0.05) is 53.9 Å². The van der Waals surface area contributed by atoms with Crippen LogP contribution in [0, 0.1) is 11.8 Å². The van der Waals surface area contributed by atoms with Gasteiger partial charge < -0.3 is 4.74 Å². The molecule has 0 aliphatic carbocycles. The summed E-state index contributed by atoms with van der Waals surface area (Å²) in [7, 11) is 0. The van der Waals surface area contributed by atoms with Gasteiger partial charge in [0.15, 0.2) is 5.12 Å². The Labute approximate surface area is 135 Å². The summed E-state index contributed by atoms with van der Waals surface area (Å²) in [4.78, 5) is 10.8. The van der Waals surface area contributed by atoms with E-state index in [2.05, 4.69) is 11.8 Å². The summed E-state index contributed by atoms with van der Waals surface area (Å²) in [5.74, 6) is 7.75. The summed E-state index contributed by atoms with van der Waals surface area (Å²) in [6, 6.07) is 17.8. The van der Waals surface area contributed by atoms with Gasteiger partial charge in [0.05, 0.1) is 0 Å². The average molecular weight is 310 g/mol. The van der Waals surface area contributed by atoms with Crippen molar-refractivity contribution in [2.45, 2.75) is 20.0 Å². The summed E-state index contributed by atoms with van der Waals surface area (Å²) in [5, 5.41) is 0.140. The van der Waals surface area contributed by atoms with Crippen molar-refractivity contribution in [3.8, 4) is 17.6 Å². The van der Waals surface area contributed by atoms with Crippen molar-refractivity contribution in [1.82, 2.24) is 0 Å². The number of rotatable bonds is 5. The lowest BCUT2D eigenvalue weighted by Crippen LogP contribution is -1.94. The van der Waals surface area contributed by atoms with Gasteiger partial charge in [-0.25, -0.2) is 0 Å². The molecule has 0 saturated carbocycles. The van der Waals surface area contributed by atoms with Crippen LogP contribution < -0.4 is 4.74 Å². The molecule has 0 spiro atoms. The number of hydrogen-bond acceptors (Lipinski definition) is 3. The van der Waals surface area contributed by atoms with Crippen LogP contribution in [0.2, 0.25) is 0 Å². The molecule has 0 fully saturated rings. The number of carbonyl (C=O) groups excluding carboxylic acids is 1. The molecule has 0 radical (unpaired) electrons. The predicted molar refractivity (Wildman–Crippen MR) is 91.9 cm³/mol. The first kappa shape index (κ1) is 16.2. The van der Waals surface area contributed by atoms with E-state index in [0.29, 0.717) is 6.61 Å². The minimum absolute atomic E-state index is 0.140. The Kier molecular flexibility index (Phi) is 6.60. The van der Waals surface area contributed by atoms with Gasteiger partial charge in [-0.05, 0) is 29.8 Å². The van der Waals surface area contributed by atoms with Crippen molar-refractivity contribution in [3.05, 3.63) is 65.7 Å². The fraction of sp³-hybridized carbons (Fsp3) is 0.211. The highest BCUT2D eigenvalue weighted by Crippen LogP contribution is 2.13. The Morgan fingerprint density at radius 3 is 2.50 bits per heavy atom. The fourth-order valence-electron chi connectivity index (χ4n) is 1.79. The molecule has 2 aromatic rings. The number of benzene rings is 2. The molecule has 0 heterocycles.